The molecule has 2 aromatic carbocycles. The van der Waals surface area contributed by atoms with Crippen molar-refractivity contribution in [2.45, 2.75) is 33.1 Å². The van der Waals surface area contributed by atoms with Gasteiger partial charge in [-0.05, 0) is 36.1 Å². The predicted octanol–water partition coefficient (Wildman–Crippen LogP) is 4.70. The lowest BCUT2D eigenvalue weighted by Gasteiger charge is -2.19. The van der Waals surface area contributed by atoms with Gasteiger partial charge in [0.15, 0.2) is 0 Å². The maximum atomic E-state index is 4.48. The van der Waals surface area contributed by atoms with Gasteiger partial charge in [0.2, 0.25) is 0 Å². The van der Waals surface area contributed by atoms with Gasteiger partial charge in [-0.3, -0.25) is 0 Å². The van der Waals surface area contributed by atoms with Gasteiger partial charge in [-0.25, -0.2) is 0 Å². The zero-order chi connectivity index (χ0) is 15.7. The first-order valence-electron chi connectivity index (χ1n) is 7.29. The van der Waals surface area contributed by atoms with Crippen LogP contribution in [0.25, 0.3) is 11.0 Å². The van der Waals surface area contributed by atoms with E-state index in [9.17, 15) is 0 Å². The Balaban J connectivity index is 2.07. The van der Waals surface area contributed by atoms with Crippen LogP contribution in [0.3, 0.4) is 0 Å². The van der Waals surface area contributed by atoms with Crippen molar-refractivity contribution in [1.29, 1.82) is 0 Å². The standard InChI is InChI=1S/C19H18N2S/c1-13-5-7-14(8-6-13)9-10-15-11-12-16(19(2,3)4)18-17(15)20-22-21-18/h5-8,11-12H,1-4H3. The van der Waals surface area contributed by atoms with Crippen LogP contribution in [0.5, 0.6) is 0 Å². The van der Waals surface area contributed by atoms with Crippen LogP contribution in [-0.2, 0) is 5.41 Å². The van der Waals surface area contributed by atoms with Crippen LogP contribution in [0.1, 0.15) is 43.0 Å². The van der Waals surface area contributed by atoms with E-state index in [0.717, 1.165) is 22.2 Å². The van der Waals surface area contributed by atoms with Crippen molar-refractivity contribution < 1.29 is 0 Å². The van der Waals surface area contributed by atoms with Crippen LogP contribution in [0.2, 0.25) is 0 Å². The SMILES string of the molecule is Cc1ccc(C#Cc2ccc(C(C)(C)C)c3nsnc23)cc1. The van der Waals surface area contributed by atoms with Crippen LogP contribution in [0.15, 0.2) is 36.4 Å². The molecule has 110 valence electrons. The summed E-state index contributed by atoms with van der Waals surface area (Å²) < 4.78 is 8.92. The molecular formula is C19H18N2S. The van der Waals surface area contributed by atoms with E-state index >= 15 is 0 Å². The molecule has 0 unspecified atom stereocenters. The molecule has 2 nitrogen and oxygen atoms in total. The Bertz CT molecular complexity index is 872. The largest absolute Gasteiger partial charge is 0.173 e. The first kappa shape index (κ1) is 14.7. The van der Waals surface area contributed by atoms with Gasteiger partial charge < -0.3 is 0 Å². The molecule has 0 N–H and O–H groups in total. The minimum absolute atomic E-state index is 0.0525. The maximum absolute atomic E-state index is 4.48. The molecule has 0 aliphatic heterocycles. The molecule has 0 amide bonds. The van der Waals surface area contributed by atoms with Gasteiger partial charge in [-0.1, -0.05) is 56.4 Å². The minimum Gasteiger partial charge on any atom is -0.173 e. The molecule has 3 heteroatoms. The Labute approximate surface area is 135 Å². The molecule has 3 aromatic rings. The molecule has 0 bridgehead atoms. The van der Waals surface area contributed by atoms with Crippen LogP contribution >= 0.6 is 11.7 Å². The fourth-order valence-electron chi connectivity index (χ4n) is 2.35. The molecule has 0 aliphatic rings. The number of hydrogen-bond donors (Lipinski definition) is 0. The Hall–Kier alpha value is -2.18. The molecule has 0 aliphatic carbocycles. The van der Waals surface area contributed by atoms with E-state index in [1.54, 1.807) is 0 Å². The molecule has 0 fully saturated rings. The number of aromatic nitrogens is 2. The van der Waals surface area contributed by atoms with Gasteiger partial charge >= 0.3 is 0 Å². The van der Waals surface area contributed by atoms with Crippen molar-refractivity contribution in [3.63, 3.8) is 0 Å². The first-order valence-corrected chi connectivity index (χ1v) is 8.02. The Morgan fingerprint density at radius 2 is 1.55 bits per heavy atom. The summed E-state index contributed by atoms with van der Waals surface area (Å²) in [5.74, 6) is 6.46. The summed E-state index contributed by atoms with van der Waals surface area (Å²) >= 11 is 1.25. The van der Waals surface area contributed by atoms with E-state index in [1.165, 1.54) is 22.9 Å². The van der Waals surface area contributed by atoms with Gasteiger partial charge in [0.05, 0.1) is 17.3 Å². The highest BCUT2D eigenvalue weighted by molar-refractivity contribution is 7.00. The summed E-state index contributed by atoms with van der Waals surface area (Å²) in [5, 5.41) is 0. The lowest BCUT2D eigenvalue weighted by molar-refractivity contribution is 0.595. The zero-order valence-corrected chi connectivity index (χ0v) is 14.1. The fourth-order valence-corrected chi connectivity index (χ4v) is 2.92. The molecule has 0 saturated carbocycles. The number of benzene rings is 2. The van der Waals surface area contributed by atoms with Crippen molar-refractivity contribution in [2.24, 2.45) is 0 Å². The first-order chi connectivity index (χ1) is 10.4. The van der Waals surface area contributed by atoms with E-state index in [0.29, 0.717) is 0 Å². The summed E-state index contributed by atoms with van der Waals surface area (Å²) in [5.41, 5.74) is 6.37. The molecule has 1 heterocycles. The summed E-state index contributed by atoms with van der Waals surface area (Å²) in [6.07, 6.45) is 0. The molecule has 1 aromatic heterocycles. The molecule has 0 spiro atoms. The van der Waals surface area contributed by atoms with Crippen molar-refractivity contribution in [1.82, 2.24) is 8.75 Å². The third-order valence-corrected chi connectivity index (χ3v) is 4.14. The quantitative estimate of drug-likeness (QED) is 0.563. The highest BCUT2D eigenvalue weighted by atomic mass is 32.1. The van der Waals surface area contributed by atoms with Crippen molar-refractivity contribution >= 4 is 22.8 Å². The Kier molecular flexibility index (Phi) is 3.72. The fraction of sp³-hybridized carbons (Fsp3) is 0.263. The van der Waals surface area contributed by atoms with Crippen molar-refractivity contribution in [3.05, 3.63) is 58.7 Å². The summed E-state index contributed by atoms with van der Waals surface area (Å²) in [7, 11) is 0. The van der Waals surface area contributed by atoms with E-state index < -0.39 is 0 Å². The second-order valence-corrected chi connectivity index (χ2v) is 7.02. The zero-order valence-electron chi connectivity index (χ0n) is 13.3. The van der Waals surface area contributed by atoms with Crippen molar-refractivity contribution in [2.75, 3.05) is 0 Å². The van der Waals surface area contributed by atoms with Crippen LogP contribution in [0, 0.1) is 18.8 Å². The maximum Gasteiger partial charge on any atom is 0.120 e. The van der Waals surface area contributed by atoms with E-state index in [-0.39, 0.29) is 5.41 Å². The third kappa shape index (κ3) is 2.88. The smallest absolute Gasteiger partial charge is 0.120 e. The van der Waals surface area contributed by atoms with Gasteiger partial charge in [-0.2, -0.15) is 8.75 Å². The second kappa shape index (κ2) is 5.55. The topological polar surface area (TPSA) is 25.8 Å². The number of nitrogens with zero attached hydrogens (tertiary/aromatic N) is 2. The molecular weight excluding hydrogens is 288 g/mol. The van der Waals surface area contributed by atoms with Crippen LogP contribution < -0.4 is 0 Å². The number of fused-ring (bicyclic) bond motifs is 1. The average molecular weight is 306 g/mol. The molecule has 0 radical (unpaired) electrons. The minimum atomic E-state index is 0.0525. The summed E-state index contributed by atoms with van der Waals surface area (Å²) in [4.78, 5) is 0. The predicted molar refractivity (Wildman–Crippen MR) is 93.3 cm³/mol. The second-order valence-electron chi connectivity index (χ2n) is 6.49. The monoisotopic (exact) mass is 306 g/mol. The number of rotatable bonds is 0. The number of hydrogen-bond acceptors (Lipinski definition) is 3. The Morgan fingerprint density at radius 3 is 2.23 bits per heavy atom. The van der Waals surface area contributed by atoms with Crippen LogP contribution in [-0.4, -0.2) is 8.75 Å². The van der Waals surface area contributed by atoms with E-state index in [4.69, 9.17) is 0 Å². The highest BCUT2D eigenvalue weighted by Crippen LogP contribution is 2.30. The molecule has 0 saturated heterocycles. The lowest BCUT2D eigenvalue weighted by Crippen LogP contribution is -2.11. The highest BCUT2D eigenvalue weighted by Gasteiger charge is 2.20. The summed E-state index contributed by atoms with van der Waals surface area (Å²) in [6, 6.07) is 12.4. The average Bonchev–Trinajstić information content (AvgIpc) is 2.94. The molecule has 3 rings (SSSR count). The lowest BCUT2D eigenvalue weighted by atomic mass is 9.85. The van der Waals surface area contributed by atoms with Crippen LogP contribution in [0.4, 0.5) is 0 Å². The molecule has 0 atom stereocenters. The van der Waals surface area contributed by atoms with E-state index in [2.05, 4.69) is 72.5 Å². The molecule has 22 heavy (non-hydrogen) atoms. The van der Waals surface area contributed by atoms with Gasteiger partial charge in [0.1, 0.15) is 11.0 Å². The number of aryl methyl sites for hydroxylation is 1. The van der Waals surface area contributed by atoms with Gasteiger partial charge in [-0.15, -0.1) is 0 Å². The van der Waals surface area contributed by atoms with Gasteiger partial charge in [0, 0.05) is 5.56 Å². The van der Waals surface area contributed by atoms with Gasteiger partial charge in [0.25, 0.3) is 0 Å². The normalized spacial score (nSPS) is 11.3. The third-order valence-electron chi connectivity index (χ3n) is 3.62. The van der Waals surface area contributed by atoms with Crippen molar-refractivity contribution in [3.8, 4) is 11.8 Å². The summed E-state index contributed by atoms with van der Waals surface area (Å²) in [6.45, 7) is 8.66. The van der Waals surface area contributed by atoms with E-state index in [1.807, 2.05) is 12.1 Å². The Morgan fingerprint density at radius 1 is 0.864 bits per heavy atom.